The molecule has 4 nitrogen and oxygen atoms in total. The fourth-order valence-corrected chi connectivity index (χ4v) is 3.97. The normalized spacial score (nSPS) is 23.2. The van der Waals surface area contributed by atoms with Crippen molar-refractivity contribution in [1.29, 1.82) is 0 Å². The van der Waals surface area contributed by atoms with Gasteiger partial charge in [-0.2, -0.15) is 0 Å². The van der Waals surface area contributed by atoms with Gasteiger partial charge in [0.15, 0.2) is 0 Å². The van der Waals surface area contributed by atoms with Gasteiger partial charge in [-0.05, 0) is 50.9 Å². The van der Waals surface area contributed by atoms with Crippen molar-refractivity contribution in [3.63, 3.8) is 0 Å². The van der Waals surface area contributed by atoms with E-state index >= 15 is 0 Å². The van der Waals surface area contributed by atoms with Crippen LogP contribution in [0.5, 0.6) is 0 Å². The van der Waals surface area contributed by atoms with Crippen LogP contribution in [0, 0.1) is 5.41 Å². The average molecular weight is 262 g/mol. The standard InChI is InChI=1S/C15H26N4/c1-2-19-12-17-18-14(19)11-16-13-5-9-15(10-6-13)7-3-4-8-15/h12-13,16H,2-11H2,1H3. The molecule has 2 aliphatic rings. The van der Waals surface area contributed by atoms with Crippen LogP contribution in [0.4, 0.5) is 0 Å². The van der Waals surface area contributed by atoms with Gasteiger partial charge in [0, 0.05) is 12.6 Å². The van der Waals surface area contributed by atoms with Gasteiger partial charge >= 0.3 is 0 Å². The average Bonchev–Trinajstić information content (AvgIpc) is 3.07. The first-order valence-electron chi connectivity index (χ1n) is 7.91. The molecule has 0 radical (unpaired) electrons. The summed E-state index contributed by atoms with van der Waals surface area (Å²) in [6.45, 7) is 3.96. The molecule has 19 heavy (non-hydrogen) atoms. The predicted molar refractivity (Wildman–Crippen MR) is 75.7 cm³/mol. The molecule has 0 atom stereocenters. The number of aromatic nitrogens is 3. The van der Waals surface area contributed by atoms with E-state index in [9.17, 15) is 0 Å². The van der Waals surface area contributed by atoms with Gasteiger partial charge in [0.05, 0.1) is 6.54 Å². The number of aryl methyl sites for hydroxylation is 1. The summed E-state index contributed by atoms with van der Waals surface area (Å²) in [5.74, 6) is 1.07. The summed E-state index contributed by atoms with van der Waals surface area (Å²) >= 11 is 0. The van der Waals surface area contributed by atoms with Crippen LogP contribution in [0.1, 0.15) is 64.1 Å². The van der Waals surface area contributed by atoms with Crippen molar-refractivity contribution in [1.82, 2.24) is 20.1 Å². The first kappa shape index (κ1) is 13.1. The summed E-state index contributed by atoms with van der Waals surface area (Å²) in [5, 5.41) is 11.9. The summed E-state index contributed by atoms with van der Waals surface area (Å²) in [6, 6.07) is 0.688. The van der Waals surface area contributed by atoms with Crippen molar-refractivity contribution < 1.29 is 0 Å². The van der Waals surface area contributed by atoms with Gasteiger partial charge in [0.1, 0.15) is 12.2 Å². The lowest BCUT2D eigenvalue weighted by Crippen LogP contribution is -2.36. The minimum atomic E-state index is 0.688. The van der Waals surface area contributed by atoms with E-state index in [1.807, 2.05) is 6.33 Å². The Morgan fingerprint density at radius 2 is 2.00 bits per heavy atom. The van der Waals surface area contributed by atoms with Crippen molar-refractivity contribution >= 4 is 0 Å². The molecule has 1 aromatic rings. The van der Waals surface area contributed by atoms with Gasteiger partial charge in [-0.15, -0.1) is 10.2 Å². The van der Waals surface area contributed by atoms with Crippen molar-refractivity contribution in [2.75, 3.05) is 0 Å². The Bertz CT molecular complexity index is 396. The maximum atomic E-state index is 4.19. The topological polar surface area (TPSA) is 42.7 Å². The highest BCUT2D eigenvalue weighted by atomic mass is 15.3. The van der Waals surface area contributed by atoms with Gasteiger partial charge < -0.3 is 9.88 Å². The molecule has 4 heteroatoms. The zero-order valence-electron chi connectivity index (χ0n) is 12.1. The second-order valence-electron chi connectivity index (χ2n) is 6.40. The fourth-order valence-electron chi connectivity index (χ4n) is 3.97. The Labute approximate surface area is 116 Å². The second-order valence-corrected chi connectivity index (χ2v) is 6.40. The first-order chi connectivity index (χ1) is 9.31. The Morgan fingerprint density at radius 1 is 1.26 bits per heavy atom. The Balaban J connectivity index is 1.47. The molecule has 1 N–H and O–H groups in total. The summed E-state index contributed by atoms with van der Waals surface area (Å²) in [4.78, 5) is 0. The van der Waals surface area contributed by atoms with Crippen LogP contribution < -0.4 is 5.32 Å². The summed E-state index contributed by atoms with van der Waals surface area (Å²) in [6.07, 6.45) is 13.3. The summed E-state index contributed by atoms with van der Waals surface area (Å²) in [5.41, 5.74) is 0.738. The SMILES string of the molecule is CCn1cnnc1CNC1CCC2(CCCC2)CC1. The molecule has 2 saturated carbocycles. The van der Waals surface area contributed by atoms with E-state index in [2.05, 4.69) is 27.0 Å². The minimum Gasteiger partial charge on any atom is -0.317 e. The third-order valence-electron chi connectivity index (χ3n) is 5.30. The van der Waals surface area contributed by atoms with Gasteiger partial charge in [-0.3, -0.25) is 0 Å². The molecular formula is C15H26N4. The van der Waals surface area contributed by atoms with Crippen LogP contribution in [0.15, 0.2) is 6.33 Å². The Hall–Kier alpha value is -0.900. The zero-order chi connectivity index (χ0) is 13.1. The highest BCUT2D eigenvalue weighted by Gasteiger charge is 2.37. The summed E-state index contributed by atoms with van der Waals surface area (Å²) < 4.78 is 2.12. The Kier molecular flexibility index (Phi) is 3.87. The summed E-state index contributed by atoms with van der Waals surface area (Å²) in [7, 11) is 0. The number of nitrogens with zero attached hydrogens (tertiary/aromatic N) is 3. The smallest absolute Gasteiger partial charge is 0.146 e. The lowest BCUT2D eigenvalue weighted by atomic mass is 9.71. The van der Waals surface area contributed by atoms with Crippen molar-refractivity contribution in [3.8, 4) is 0 Å². The van der Waals surface area contributed by atoms with E-state index in [0.29, 0.717) is 6.04 Å². The zero-order valence-corrected chi connectivity index (χ0v) is 12.1. The molecule has 0 amide bonds. The first-order valence-corrected chi connectivity index (χ1v) is 7.91. The molecule has 1 aromatic heterocycles. The lowest BCUT2D eigenvalue weighted by molar-refractivity contribution is 0.167. The van der Waals surface area contributed by atoms with Gasteiger partial charge in [-0.1, -0.05) is 12.8 Å². The number of hydrogen-bond acceptors (Lipinski definition) is 3. The fraction of sp³-hybridized carbons (Fsp3) is 0.867. The van der Waals surface area contributed by atoms with Crippen LogP contribution in [0.25, 0.3) is 0 Å². The predicted octanol–water partition coefficient (Wildman–Crippen LogP) is 2.89. The van der Waals surface area contributed by atoms with Crippen LogP contribution in [0.2, 0.25) is 0 Å². The van der Waals surface area contributed by atoms with E-state index in [1.54, 1.807) is 0 Å². The van der Waals surface area contributed by atoms with Gasteiger partial charge in [0.2, 0.25) is 0 Å². The van der Waals surface area contributed by atoms with E-state index in [4.69, 9.17) is 0 Å². The molecule has 0 aliphatic heterocycles. The molecule has 1 heterocycles. The van der Waals surface area contributed by atoms with Crippen LogP contribution >= 0.6 is 0 Å². The maximum Gasteiger partial charge on any atom is 0.146 e. The van der Waals surface area contributed by atoms with Crippen LogP contribution in [-0.4, -0.2) is 20.8 Å². The van der Waals surface area contributed by atoms with Crippen LogP contribution in [0.3, 0.4) is 0 Å². The highest BCUT2D eigenvalue weighted by molar-refractivity contribution is 4.92. The third-order valence-corrected chi connectivity index (χ3v) is 5.30. The molecule has 0 unspecified atom stereocenters. The maximum absolute atomic E-state index is 4.19. The van der Waals surface area contributed by atoms with E-state index in [0.717, 1.165) is 24.3 Å². The quantitative estimate of drug-likeness (QED) is 0.907. The molecule has 106 valence electrons. The van der Waals surface area contributed by atoms with E-state index in [-0.39, 0.29) is 0 Å². The minimum absolute atomic E-state index is 0.688. The molecule has 3 rings (SSSR count). The molecule has 1 spiro atoms. The molecule has 0 bridgehead atoms. The molecule has 0 aromatic carbocycles. The molecule has 2 fully saturated rings. The van der Waals surface area contributed by atoms with Crippen molar-refractivity contribution in [2.45, 2.75) is 77.4 Å². The second kappa shape index (κ2) is 5.61. The van der Waals surface area contributed by atoms with Gasteiger partial charge in [-0.25, -0.2) is 0 Å². The number of rotatable bonds is 4. The molecular weight excluding hydrogens is 236 g/mol. The third kappa shape index (κ3) is 2.83. The van der Waals surface area contributed by atoms with Gasteiger partial charge in [0.25, 0.3) is 0 Å². The number of hydrogen-bond donors (Lipinski definition) is 1. The largest absolute Gasteiger partial charge is 0.317 e. The van der Waals surface area contributed by atoms with Crippen LogP contribution in [-0.2, 0) is 13.1 Å². The number of nitrogens with one attached hydrogen (secondary N) is 1. The molecule has 0 saturated heterocycles. The van der Waals surface area contributed by atoms with E-state index in [1.165, 1.54) is 51.4 Å². The lowest BCUT2D eigenvalue weighted by Gasteiger charge is -2.37. The van der Waals surface area contributed by atoms with Crippen molar-refractivity contribution in [2.24, 2.45) is 5.41 Å². The van der Waals surface area contributed by atoms with E-state index < -0.39 is 0 Å². The Morgan fingerprint density at radius 3 is 2.68 bits per heavy atom. The monoisotopic (exact) mass is 262 g/mol. The van der Waals surface area contributed by atoms with Crippen molar-refractivity contribution in [3.05, 3.63) is 12.2 Å². The molecule has 2 aliphatic carbocycles. The highest BCUT2D eigenvalue weighted by Crippen LogP contribution is 2.48.